The molecule has 2 aromatic carbocycles. The summed E-state index contributed by atoms with van der Waals surface area (Å²) < 4.78 is 2.31. The lowest BCUT2D eigenvalue weighted by Crippen LogP contribution is -2.30. The van der Waals surface area contributed by atoms with E-state index in [1.54, 1.807) is 12.1 Å². The van der Waals surface area contributed by atoms with Crippen LogP contribution in [0.15, 0.2) is 58.1 Å². The topological polar surface area (TPSA) is 64.0 Å². The van der Waals surface area contributed by atoms with E-state index < -0.39 is 0 Å². The maximum absolute atomic E-state index is 12.6. The predicted molar refractivity (Wildman–Crippen MR) is 111 cm³/mol. The molecule has 0 saturated carbocycles. The van der Waals surface area contributed by atoms with Crippen molar-refractivity contribution >= 4 is 32.7 Å². The Kier molecular flexibility index (Phi) is 6.06. The molecule has 1 aromatic heterocycles. The second-order valence-electron chi connectivity index (χ2n) is 6.59. The molecule has 0 saturated heterocycles. The molecule has 0 aliphatic heterocycles. The number of aryl methyl sites for hydroxylation is 2. The van der Waals surface area contributed by atoms with Gasteiger partial charge in [-0.1, -0.05) is 52.7 Å². The first-order valence-corrected chi connectivity index (χ1v) is 9.78. The number of fused-ring (bicyclic) bond motifs is 1. The molecule has 1 heterocycles. The van der Waals surface area contributed by atoms with Gasteiger partial charge in [-0.15, -0.1) is 0 Å². The van der Waals surface area contributed by atoms with E-state index in [4.69, 9.17) is 0 Å². The Hall–Kier alpha value is -2.47. The molecule has 0 aliphatic carbocycles. The normalized spacial score (nSPS) is 12.1. The summed E-state index contributed by atoms with van der Waals surface area (Å²) in [5, 5.41) is 3.60. The van der Waals surface area contributed by atoms with Gasteiger partial charge in [0.15, 0.2) is 0 Å². The van der Waals surface area contributed by atoms with Gasteiger partial charge in [0.2, 0.25) is 5.91 Å². The van der Waals surface area contributed by atoms with Gasteiger partial charge in [-0.2, -0.15) is 0 Å². The van der Waals surface area contributed by atoms with Crippen molar-refractivity contribution < 1.29 is 4.79 Å². The highest BCUT2D eigenvalue weighted by Gasteiger charge is 2.13. The number of nitrogens with one attached hydrogen (secondary N) is 1. The third kappa shape index (κ3) is 4.63. The molecule has 5 nitrogen and oxygen atoms in total. The number of rotatable bonds is 6. The third-order valence-corrected chi connectivity index (χ3v) is 5.08. The molecule has 1 N–H and O–H groups in total. The molecular weight excluding hydrogens is 406 g/mol. The Morgan fingerprint density at radius 2 is 1.96 bits per heavy atom. The van der Waals surface area contributed by atoms with Crippen molar-refractivity contribution in [2.24, 2.45) is 0 Å². The van der Waals surface area contributed by atoms with Crippen LogP contribution in [0, 0.1) is 6.92 Å². The summed E-state index contributed by atoms with van der Waals surface area (Å²) in [7, 11) is 0. The number of carbonyl (C=O) groups excluding carboxylic acids is 1. The summed E-state index contributed by atoms with van der Waals surface area (Å²) in [4.78, 5) is 29.3. The summed E-state index contributed by atoms with van der Waals surface area (Å²) in [6.07, 6.45) is 2.53. The smallest absolute Gasteiger partial charge is 0.261 e. The second kappa shape index (κ2) is 8.48. The number of hydrogen-bond donors (Lipinski definition) is 1. The zero-order chi connectivity index (χ0) is 19.4. The van der Waals surface area contributed by atoms with Gasteiger partial charge in [0.05, 0.1) is 23.3 Å². The summed E-state index contributed by atoms with van der Waals surface area (Å²) in [6.45, 7) is 4.38. The molecule has 3 aromatic rings. The first-order valence-electron chi connectivity index (χ1n) is 8.98. The lowest BCUT2D eigenvalue weighted by Gasteiger charge is -2.18. The fourth-order valence-corrected chi connectivity index (χ4v) is 3.36. The largest absolute Gasteiger partial charge is 0.349 e. The molecular formula is C21H22BrN3O2. The van der Waals surface area contributed by atoms with E-state index >= 15 is 0 Å². The minimum Gasteiger partial charge on any atom is -0.349 e. The number of benzene rings is 2. The van der Waals surface area contributed by atoms with Crippen LogP contribution in [0.3, 0.4) is 0 Å². The van der Waals surface area contributed by atoms with E-state index in [-0.39, 0.29) is 23.9 Å². The lowest BCUT2D eigenvalue weighted by molar-refractivity contribution is -0.122. The Morgan fingerprint density at radius 3 is 2.67 bits per heavy atom. The van der Waals surface area contributed by atoms with Crippen LogP contribution in [-0.2, 0) is 11.3 Å². The average molecular weight is 428 g/mol. The van der Waals surface area contributed by atoms with Crippen LogP contribution in [0.25, 0.3) is 10.9 Å². The van der Waals surface area contributed by atoms with Crippen molar-refractivity contribution in [2.75, 3.05) is 0 Å². The number of aromatic nitrogens is 2. The van der Waals surface area contributed by atoms with Crippen LogP contribution in [-0.4, -0.2) is 15.5 Å². The van der Waals surface area contributed by atoms with Gasteiger partial charge < -0.3 is 5.32 Å². The quantitative estimate of drug-likeness (QED) is 0.643. The molecule has 0 aliphatic rings. The Balaban J connectivity index is 1.68. The van der Waals surface area contributed by atoms with Gasteiger partial charge in [-0.3, -0.25) is 14.2 Å². The predicted octanol–water partition coefficient (Wildman–Crippen LogP) is 4.13. The molecule has 0 unspecified atom stereocenters. The van der Waals surface area contributed by atoms with Crippen molar-refractivity contribution in [3.8, 4) is 0 Å². The number of nitrogens with zero attached hydrogens (tertiary/aromatic N) is 2. The van der Waals surface area contributed by atoms with Gasteiger partial charge in [0, 0.05) is 17.4 Å². The number of halogens is 1. The molecule has 1 amide bonds. The standard InChI is InChI=1S/C21H22BrN3O2/c1-3-18(15-6-4-14(2)5-7-15)24-20(26)10-11-25-13-23-19-9-8-16(22)12-17(19)21(25)27/h4-9,12-13,18H,3,10-11H2,1-2H3,(H,24,26)/t18-/m1/s1. The van der Waals surface area contributed by atoms with Crippen LogP contribution in [0.1, 0.15) is 36.9 Å². The SMILES string of the molecule is CC[C@@H](NC(=O)CCn1cnc2ccc(Br)cc2c1=O)c1ccc(C)cc1. The van der Waals surface area contributed by atoms with E-state index in [0.29, 0.717) is 17.4 Å². The van der Waals surface area contributed by atoms with Gasteiger partial charge in [-0.25, -0.2) is 4.98 Å². The highest BCUT2D eigenvalue weighted by Crippen LogP contribution is 2.17. The van der Waals surface area contributed by atoms with Crippen LogP contribution < -0.4 is 10.9 Å². The Morgan fingerprint density at radius 1 is 1.22 bits per heavy atom. The van der Waals surface area contributed by atoms with E-state index in [1.807, 2.05) is 44.2 Å². The number of amides is 1. The number of carbonyl (C=O) groups is 1. The summed E-state index contributed by atoms with van der Waals surface area (Å²) in [5.74, 6) is -0.0799. The van der Waals surface area contributed by atoms with Crippen molar-refractivity contribution in [1.82, 2.24) is 14.9 Å². The van der Waals surface area contributed by atoms with E-state index in [1.165, 1.54) is 16.5 Å². The lowest BCUT2D eigenvalue weighted by atomic mass is 10.0. The van der Waals surface area contributed by atoms with Crippen LogP contribution >= 0.6 is 15.9 Å². The van der Waals surface area contributed by atoms with Gasteiger partial charge in [-0.05, 0) is 37.1 Å². The first-order chi connectivity index (χ1) is 13.0. The van der Waals surface area contributed by atoms with Gasteiger partial charge in [0.25, 0.3) is 5.56 Å². The highest BCUT2D eigenvalue weighted by molar-refractivity contribution is 9.10. The molecule has 1 atom stereocenters. The minimum atomic E-state index is -0.139. The minimum absolute atomic E-state index is 0.0273. The first kappa shape index (κ1) is 19.3. The molecule has 0 fully saturated rings. The molecule has 0 spiro atoms. The highest BCUT2D eigenvalue weighted by atomic mass is 79.9. The van der Waals surface area contributed by atoms with Crippen molar-refractivity contribution in [2.45, 2.75) is 39.3 Å². The van der Waals surface area contributed by atoms with Gasteiger partial charge >= 0.3 is 0 Å². The van der Waals surface area contributed by atoms with Crippen molar-refractivity contribution in [3.63, 3.8) is 0 Å². The molecule has 6 heteroatoms. The van der Waals surface area contributed by atoms with Gasteiger partial charge in [0.1, 0.15) is 0 Å². The second-order valence-corrected chi connectivity index (χ2v) is 7.51. The van der Waals surface area contributed by atoms with Crippen molar-refractivity contribution in [1.29, 1.82) is 0 Å². The summed E-state index contributed by atoms with van der Waals surface area (Å²) >= 11 is 3.37. The zero-order valence-corrected chi connectivity index (χ0v) is 17.0. The fourth-order valence-electron chi connectivity index (χ4n) is 3.00. The number of hydrogen-bond acceptors (Lipinski definition) is 3. The molecule has 27 heavy (non-hydrogen) atoms. The zero-order valence-electron chi connectivity index (χ0n) is 15.4. The van der Waals surface area contributed by atoms with E-state index in [0.717, 1.165) is 16.5 Å². The van der Waals surface area contributed by atoms with E-state index in [9.17, 15) is 9.59 Å². The third-order valence-electron chi connectivity index (χ3n) is 4.59. The van der Waals surface area contributed by atoms with E-state index in [2.05, 4.69) is 26.2 Å². The van der Waals surface area contributed by atoms with Crippen LogP contribution in [0.2, 0.25) is 0 Å². The summed E-state index contributed by atoms with van der Waals surface area (Å²) in [5.41, 5.74) is 2.79. The molecule has 3 rings (SSSR count). The maximum Gasteiger partial charge on any atom is 0.261 e. The van der Waals surface area contributed by atoms with Crippen LogP contribution in [0.5, 0.6) is 0 Å². The molecule has 140 valence electrons. The van der Waals surface area contributed by atoms with Crippen LogP contribution in [0.4, 0.5) is 0 Å². The fraction of sp³-hybridized carbons (Fsp3) is 0.286. The monoisotopic (exact) mass is 427 g/mol. The maximum atomic E-state index is 12.6. The molecule has 0 bridgehead atoms. The average Bonchev–Trinajstić information content (AvgIpc) is 2.67. The summed E-state index contributed by atoms with van der Waals surface area (Å²) in [6, 6.07) is 13.5. The Bertz CT molecular complexity index is 1010. The van der Waals surface area contributed by atoms with Crippen molar-refractivity contribution in [3.05, 3.63) is 74.7 Å². The molecule has 0 radical (unpaired) electrons. The Labute approximate surface area is 166 Å².